The Labute approximate surface area is 189 Å². The normalized spacial score (nSPS) is 11.5. The van der Waals surface area contributed by atoms with Crippen LogP contribution in [0.1, 0.15) is 11.3 Å². The number of fused-ring (bicyclic) bond motifs is 1. The van der Waals surface area contributed by atoms with Gasteiger partial charge >= 0.3 is 5.97 Å². The summed E-state index contributed by atoms with van der Waals surface area (Å²) < 4.78 is 52.7. The number of hydrogen-bond donors (Lipinski definition) is 1. The summed E-state index contributed by atoms with van der Waals surface area (Å²) in [6.45, 7) is 1.51. The number of carboxylic acid groups (broad SMARTS) is 1. The molecule has 0 bridgehead atoms. The van der Waals surface area contributed by atoms with Crippen molar-refractivity contribution < 1.29 is 32.2 Å². The standard InChI is InChI=1S/C24H20FNO6S/c1-15-21(14-24(27)28)22-13-16(25)3-12-23(22)26(15)33(29,30)20-10-8-19(9-11-20)32-18-6-4-17(31-2)5-7-18/h3-13H,14H2,1-2H3,(H,27,28). The maximum Gasteiger partial charge on any atom is 0.307 e. The number of halogens is 1. The first kappa shape index (κ1) is 22.3. The minimum absolute atomic E-state index is 0.0178. The van der Waals surface area contributed by atoms with Gasteiger partial charge < -0.3 is 14.6 Å². The van der Waals surface area contributed by atoms with Gasteiger partial charge in [-0.3, -0.25) is 4.79 Å². The lowest BCUT2D eigenvalue weighted by atomic mass is 10.1. The van der Waals surface area contributed by atoms with Crippen molar-refractivity contribution >= 4 is 26.9 Å². The molecule has 170 valence electrons. The fourth-order valence-electron chi connectivity index (χ4n) is 3.67. The lowest BCUT2D eigenvalue weighted by Gasteiger charge is -2.12. The third kappa shape index (κ3) is 4.27. The van der Waals surface area contributed by atoms with Crippen LogP contribution in [0.25, 0.3) is 10.9 Å². The molecule has 0 amide bonds. The molecule has 0 fully saturated rings. The van der Waals surface area contributed by atoms with E-state index in [0.717, 1.165) is 16.1 Å². The van der Waals surface area contributed by atoms with Crippen molar-refractivity contribution in [2.24, 2.45) is 0 Å². The van der Waals surface area contributed by atoms with Crippen LogP contribution in [0, 0.1) is 12.7 Å². The SMILES string of the molecule is COc1ccc(Oc2ccc(S(=O)(=O)n3c(C)c(CC(=O)O)c4cc(F)ccc43)cc2)cc1. The molecule has 3 aromatic carbocycles. The molecule has 4 aromatic rings. The zero-order valence-corrected chi connectivity index (χ0v) is 18.6. The summed E-state index contributed by atoms with van der Waals surface area (Å²) in [7, 11) is -2.53. The van der Waals surface area contributed by atoms with Gasteiger partial charge in [-0.25, -0.2) is 16.8 Å². The predicted molar refractivity (Wildman–Crippen MR) is 120 cm³/mol. The molecule has 1 heterocycles. The number of rotatable bonds is 7. The first-order chi connectivity index (χ1) is 15.7. The lowest BCUT2D eigenvalue weighted by molar-refractivity contribution is -0.136. The Balaban J connectivity index is 1.72. The number of carbonyl (C=O) groups is 1. The van der Waals surface area contributed by atoms with E-state index in [1.54, 1.807) is 31.4 Å². The van der Waals surface area contributed by atoms with E-state index in [1.807, 2.05) is 0 Å². The molecule has 33 heavy (non-hydrogen) atoms. The van der Waals surface area contributed by atoms with E-state index < -0.39 is 28.2 Å². The Bertz CT molecular complexity index is 1440. The molecule has 0 saturated carbocycles. The molecule has 0 aliphatic carbocycles. The average molecular weight is 469 g/mol. The van der Waals surface area contributed by atoms with Crippen molar-refractivity contribution in [2.75, 3.05) is 7.11 Å². The maximum absolute atomic E-state index is 13.9. The molecule has 0 atom stereocenters. The molecule has 4 rings (SSSR count). The third-order valence-electron chi connectivity index (χ3n) is 5.23. The van der Waals surface area contributed by atoms with Gasteiger partial charge in [0.2, 0.25) is 0 Å². The molecule has 0 radical (unpaired) electrons. The van der Waals surface area contributed by atoms with E-state index in [2.05, 4.69) is 0 Å². The second-order valence-corrected chi connectivity index (χ2v) is 9.10. The van der Waals surface area contributed by atoms with Gasteiger partial charge in [-0.15, -0.1) is 0 Å². The van der Waals surface area contributed by atoms with Crippen LogP contribution in [0.2, 0.25) is 0 Å². The van der Waals surface area contributed by atoms with Gasteiger partial charge in [-0.2, -0.15) is 0 Å². The highest BCUT2D eigenvalue weighted by Gasteiger charge is 2.26. The summed E-state index contributed by atoms with van der Waals surface area (Å²) in [5.74, 6) is -0.0522. The highest BCUT2D eigenvalue weighted by atomic mass is 32.2. The molecule has 0 saturated heterocycles. The largest absolute Gasteiger partial charge is 0.497 e. The highest BCUT2D eigenvalue weighted by Crippen LogP contribution is 2.32. The van der Waals surface area contributed by atoms with Crippen LogP contribution in [-0.2, 0) is 21.2 Å². The summed E-state index contributed by atoms with van der Waals surface area (Å²) in [6, 6.07) is 16.4. The number of aliphatic carboxylic acids is 1. The van der Waals surface area contributed by atoms with Crippen molar-refractivity contribution in [1.82, 2.24) is 3.97 Å². The number of hydrogen-bond acceptors (Lipinski definition) is 5. The Morgan fingerprint density at radius 2 is 1.55 bits per heavy atom. The summed E-state index contributed by atoms with van der Waals surface area (Å²) >= 11 is 0. The Morgan fingerprint density at radius 3 is 2.12 bits per heavy atom. The summed E-state index contributed by atoms with van der Waals surface area (Å²) in [5.41, 5.74) is 0.681. The molecular formula is C24H20FNO6S. The first-order valence-electron chi connectivity index (χ1n) is 9.89. The molecule has 1 N–H and O–H groups in total. The van der Waals surface area contributed by atoms with E-state index in [0.29, 0.717) is 17.2 Å². The molecular weight excluding hydrogens is 449 g/mol. The fraction of sp³-hybridized carbons (Fsp3) is 0.125. The molecule has 0 aliphatic heterocycles. The van der Waals surface area contributed by atoms with Gasteiger partial charge in [0.1, 0.15) is 23.1 Å². The topological polar surface area (TPSA) is 94.8 Å². The van der Waals surface area contributed by atoms with Crippen LogP contribution in [-0.4, -0.2) is 30.6 Å². The van der Waals surface area contributed by atoms with Gasteiger partial charge in [-0.05, 0) is 79.2 Å². The van der Waals surface area contributed by atoms with Crippen molar-refractivity contribution in [3.05, 3.63) is 83.8 Å². The number of nitrogens with zero attached hydrogens (tertiary/aromatic N) is 1. The van der Waals surface area contributed by atoms with E-state index in [9.17, 15) is 22.7 Å². The molecule has 0 aliphatic rings. The second kappa shape index (κ2) is 8.59. The first-order valence-corrected chi connectivity index (χ1v) is 11.3. The Kier molecular flexibility index (Phi) is 5.82. The van der Waals surface area contributed by atoms with Crippen LogP contribution in [0.5, 0.6) is 17.2 Å². The number of benzene rings is 3. The van der Waals surface area contributed by atoms with E-state index in [4.69, 9.17) is 9.47 Å². The molecule has 0 spiro atoms. The van der Waals surface area contributed by atoms with Crippen molar-refractivity contribution in [2.45, 2.75) is 18.2 Å². The predicted octanol–water partition coefficient (Wildman–Crippen LogP) is 4.75. The van der Waals surface area contributed by atoms with E-state index in [-0.39, 0.29) is 27.1 Å². The van der Waals surface area contributed by atoms with Crippen LogP contribution in [0.4, 0.5) is 4.39 Å². The van der Waals surface area contributed by atoms with Crippen LogP contribution in [0.3, 0.4) is 0 Å². The molecule has 1 aromatic heterocycles. The van der Waals surface area contributed by atoms with Crippen molar-refractivity contribution in [3.8, 4) is 17.2 Å². The number of aromatic nitrogens is 1. The zero-order chi connectivity index (χ0) is 23.8. The van der Waals surface area contributed by atoms with Crippen molar-refractivity contribution in [1.29, 1.82) is 0 Å². The molecule has 9 heteroatoms. The summed E-state index contributed by atoms with van der Waals surface area (Å²) in [5, 5.41) is 9.50. The molecule has 7 nitrogen and oxygen atoms in total. The van der Waals surface area contributed by atoms with E-state index in [1.165, 1.54) is 37.3 Å². The van der Waals surface area contributed by atoms with Gasteiger partial charge in [0, 0.05) is 11.1 Å². The van der Waals surface area contributed by atoms with E-state index >= 15 is 0 Å². The quantitative estimate of drug-likeness (QED) is 0.420. The second-order valence-electron chi connectivity index (χ2n) is 7.31. The molecule has 0 unspecified atom stereocenters. The number of carboxylic acids is 1. The van der Waals surface area contributed by atoms with Crippen LogP contribution < -0.4 is 9.47 Å². The minimum atomic E-state index is -4.09. The third-order valence-corrected chi connectivity index (χ3v) is 7.05. The summed E-state index contributed by atoms with van der Waals surface area (Å²) in [6.07, 6.45) is -0.428. The van der Waals surface area contributed by atoms with Gasteiger partial charge in [0.05, 0.1) is 23.9 Å². The van der Waals surface area contributed by atoms with Gasteiger partial charge in [0.25, 0.3) is 10.0 Å². The monoisotopic (exact) mass is 469 g/mol. The maximum atomic E-state index is 13.9. The lowest BCUT2D eigenvalue weighted by Crippen LogP contribution is -2.15. The summed E-state index contributed by atoms with van der Waals surface area (Å²) in [4.78, 5) is 11.3. The van der Waals surface area contributed by atoms with Gasteiger partial charge in [0.15, 0.2) is 0 Å². The average Bonchev–Trinajstić information content (AvgIpc) is 3.05. The minimum Gasteiger partial charge on any atom is -0.497 e. The fourth-order valence-corrected chi connectivity index (χ4v) is 5.25. The van der Waals surface area contributed by atoms with Gasteiger partial charge in [-0.1, -0.05) is 0 Å². The number of ether oxygens (including phenoxy) is 2. The Morgan fingerprint density at radius 1 is 0.970 bits per heavy atom. The van der Waals surface area contributed by atoms with Crippen LogP contribution in [0.15, 0.2) is 71.6 Å². The highest BCUT2D eigenvalue weighted by molar-refractivity contribution is 7.90. The van der Waals surface area contributed by atoms with Crippen molar-refractivity contribution in [3.63, 3.8) is 0 Å². The Hall–Kier alpha value is -3.85. The van der Waals surface area contributed by atoms with Crippen LogP contribution >= 0.6 is 0 Å². The smallest absolute Gasteiger partial charge is 0.307 e. The zero-order valence-electron chi connectivity index (χ0n) is 17.8. The number of methoxy groups -OCH3 is 1.